The van der Waals surface area contributed by atoms with Gasteiger partial charge in [0.25, 0.3) is 0 Å². The van der Waals surface area contributed by atoms with Crippen LogP contribution in [0.1, 0.15) is 39.3 Å². The molecule has 1 aromatic carbocycles. The van der Waals surface area contributed by atoms with Crippen molar-refractivity contribution in [2.45, 2.75) is 33.3 Å². The predicted molar refractivity (Wildman–Crippen MR) is 106 cm³/mol. The molecule has 0 atom stereocenters. The average molecular weight is 396 g/mol. The van der Waals surface area contributed by atoms with Crippen LogP contribution in [0.5, 0.6) is 0 Å². The topological polar surface area (TPSA) is 81.4 Å². The van der Waals surface area contributed by atoms with E-state index in [1.807, 2.05) is 44.2 Å². The number of amides is 1. The summed E-state index contributed by atoms with van der Waals surface area (Å²) in [4.78, 5) is 25.8. The minimum Gasteiger partial charge on any atom is -0.455 e. The Morgan fingerprint density at radius 3 is 2.71 bits per heavy atom. The number of anilines is 1. The highest BCUT2D eigenvalue weighted by Crippen LogP contribution is 2.36. The van der Waals surface area contributed by atoms with Crippen molar-refractivity contribution < 1.29 is 18.8 Å². The monoisotopic (exact) mass is 396 g/mol. The number of aryl methyl sites for hydroxylation is 1. The van der Waals surface area contributed by atoms with Crippen molar-refractivity contribution in [1.82, 2.24) is 5.16 Å². The van der Waals surface area contributed by atoms with Gasteiger partial charge >= 0.3 is 5.97 Å². The van der Waals surface area contributed by atoms with Crippen molar-refractivity contribution in [3.05, 3.63) is 58.1 Å². The first-order valence-electron chi connectivity index (χ1n) is 9.12. The summed E-state index contributed by atoms with van der Waals surface area (Å²) in [6.45, 7) is 3.78. The number of nitrogens with one attached hydrogen (secondary N) is 1. The molecule has 7 heteroatoms. The molecule has 1 aliphatic rings. The lowest BCUT2D eigenvalue weighted by atomic mass is 10.1. The summed E-state index contributed by atoms with van der Waals surface area (Å²) in [5.41, 5.74) is 2.68. The van der Waals surface area contributed by atoms with E-state index in [1.54, 1.807) is 6.07 Å². The lowest BCUT2D eigenvalue weighted by Crippen LogP contribution is -2.16. The van der Waals surface area contributed by atoms with Crippen LogP contribution >= 0.6 is 11.3 Å². The minimum absolute atomic E-state index is 0.000484. The van der Waals surface area contributed by atoms with Gasteiger partial charge in [0.05, 0.1) is 5.56 Å². The molecule has 2 aromatic heterocycles. The molecule has 0 saturated heterocycles. The number of benzene rings is 1. The predicted octanol–water partition coefficient (Wildman–Crippen LogP) is 4.73. The molecular weight excluding hydrogens is 376 g/mol. The van der Waals surface area contributed by atoms with Gasteiger partial charge in [0, 0.05) is 22.4 Å². The third kappa shape index (κ3) is 3.84. The van der Waals surface area contributed by atoms with Crippen LogP contribution in [-0.4, -0.2) is 17.0 Å². The van der Waals surface area contributed by atoms with Crippen molar-refractivity contribution in [1.29, 1.82) is 0 Å². The zero-order valence-corrected chi connectivity index (χ0v) is 16.5. The molecule has 144 valence electrons. The molecule has 1 fully saturated rings. The Hall–Kier alpha value is -2.93. The van der Waals surface area contributed by atoms with Crippen molar-refractivity contribution >= 4 is 28.2 Å². The smallest absolute Gasteiger partial charge is 0.341 e. The first-order valence-corrected chi connectivity index (χ1v) is 9.93. The lowest BCUT2D eigenvalue weighted by Gasteiger charge is -2.07. The van der Waals surface area contributed by atoms with Gasteiger partial charge in [-0.1, -0.05) is 35.5 Å². The fourth-order valence-electron chi connectivity index (χ4n) is 2.85. The van der Waals surface area contributed by atoms with E-state index in [2.05, 4.69) is 10.5 Å². The number of rotatable bonds is 6. The Labute approximate surface area is 166 Å². The van der Waals surface area contributed by atoms with E-state index in [9.17, 15) is 9.59 Å². The molecular formula is C21H20N2O4S. The summed E-state index contributed by atoms with van der Waals surface area (Å²) in [5, 5.41) is 7.41. The maximum Gasteiger partial charge on any atom is 0.341 e. The van der Waals surface area contributed by atoms with E-state index in [-0.39, 0.29) is 18.4 Å². The van der Waals surface area contributed by atoms with Gasteiger partial charge in [0.15, 0.2) is 5.76 Å². The Morgan fingerprint density at radius 1 is 1.25 bits per heavy atom. The number of thiophene rings is 1. The maximum absolute atomic E-state index is 12.7. The van der Waals surface area contributed by atoms with E-state index in [0.717, 1.165) is 28.8 Å². The van der Waals surface area contributed by atoms with E-state index < -0.39 is 5.97 Å². The number of carbonyl (C=O) groups excluding carboxylic acids is 2. The molecule has 0 spiro atoms. The van der Waals surface area contributed by atoms with Gasteiger partial charge < -0.3 is 14.6 Å². The molecule has 0 bridgehead atoms. The molecule has 28 heavy (non-hydrogen) atoms. The quantitative estimate of drug-likeness (QED) is 0.610. The fourth-order valence-corrected chi connectivity index (χ4v) is 3.90. The molecule has 6 nitrogen and oxygen atoms in total. The average Bonchev–Trinajstić information content (AvgIpc) is 3.38. The number of nitrogens with zero attached hydrogens (tertiary/aromatic N) is 1. The van der Waals surface area contributed by atoms with Crippen LogP contribution in [0.3, 0.4) is 0 Å². The SMILES string of the molecule is Cc1sc(NC(=O)C2CC2)c(C(=O)OCc2cc(-c3ccccc3)on2)c1C. The molecule has 2 heterocycles. The molecule has 0 aliphatic heterocycles. The lowest BCUT2D eigenvalue weighted by molar-refractivity contribution is -0.117. The molecule has 1 saturated carbocycles. The summed E-state index contributed by atoms with van der Waals surface area (Å²) in [6, 6.07) is 11.3. The maximum atomic E-state index is 12.7. The molecule has 1 N–H and O–H groups in total. The number of hydrogen-bond acceptors (Lipinski definition) is 6. The van der Waals surface area contributed by atoms with E-state index in [4.69, 9.17) is 9.26 Å². The van der Waals surface area contributed by atoms with Crippen LogP contribution in [0.2, 0.25) is 0 Å². The third-order valence-electron chi connectivity index (χ3n) is 4.74. The Kier molecular flexibility index (Phi) is 5.00. The number of aromatic nitrogens is 1. The Bertz CT molecular complexity index is 1020. The van der Waals surface area contributed by atoms with Crippen LogP contribution in [0.4, 0.5) is 5.00 Å². The van der Waals surface area contributed by atoms with Crippen LogP contribution in [0, 0.1) is 19.8 Å². The second-order valence-electron chi connectivity index (χ2n) is 6.88. The zero-order valence-electron chi connectivity index (χ0n) is 15.7. The zero-order chi connectivity index (χ0) is 19.7. The fraction of sp³-hybridized carbons (Fsp3) is 0.286. The normalized spacial score (nSPS) is 13.4. The van der Waals surface area contributed by atoms with Crippen LogP contribution in [-0.2, 0) is 16.1 Å². The summed E-state index contributed by atoms with van der Waals surface area (Å²) >= 11 is 1.40. The van der Waals surface area contributed by atoms with E-state index in [0.29, 0.717) is 22.0 Å². The third-order valence-corrected chi connectivity index (χ3v) is 5.87. The summed E-state index contributed by atoms with van der Waals surface area (Å²) in [6.07, 6.45) is 1.82. The highest BCUT2D eigenvalue weighted by Gasteiger charge is 2.31. The second-order valence-corrected chi connectivity index (χ2v) is 8.10. The summed E-state index contributed by atoms with van der Waals surface area (Å²) < 4.78 is 10.8. The largest absolute Gasteiger partial charge is 0.455 e. The van der Waals surface area contributed by atoms with Crippen LogP contribution in [0.25, 0.3) is 11.3 Å². The molecule has 0 radical (unpaired) electrons. The summed E-state index contributed by atoms with van der Waals surface area (Å²) in [7, 11) is 0. The summed E-state index contributed by atoms with van der Waals surface area (Å²) in [5.74, 6) is 0.182. The first-order chi connectivity index (χ1) is 13.5. The Morgan fingerprint density at radius 2 is 2.00 bits per heavy atom. The van der Waals surface area contributed by atoms with Gasteiger partial charge in [-0.15, -0.1) is 11.3 Å². The number of ether oxygens (including phenoxy) is 1. The van der Waals surface area contributed by atoms with Gasteiger partial charge in [-0.25, -0.2) is 4.79 Å². The van der Waals surface area contributed by atoms with Gasteiger partial charge in [0.1, 0.15) is 17.3 Å². The molecule has 3 aromatic rings. The van der Waals surface area contributed by atoms with Crippen molar-refractivity contribution in [3.63, 3.8) is 0 Å². The van der Waals surface area contributed by atoms with E-state index >= 15 is 0 Å². The Balaban J connectivity index is 1.45. The highest BCUT2D eigenvalue weighted by atomic mass is 32.1. The van der Waals surface area contributed by atoms with Gasteiger partial charge in [-0.2, -0.15) is 0 Å². The molecule has 0 unspecified atom stereocenters. The van der Waals surface area contributed by atoms with Gasteiger partial charge in [0.2, 0.25) is 5.91 Å². The number of hydrogen-bond donors (Lipinski definition) is 1. The number of esters is 1. The van der Waals surface area contributed by atoms with Gasteiger partial charge in [-0.05, 0) is 32.3 Å². The van der Waals surface area contributed by atoms with Crippen LogP contribution in [0.15, 0.2) is 40.9 Å². The minimum atomic E-state index is -0.475. The van der Waals surface area contributed by atoms with Crippen molar-refractivity contribution in [3.8, 4) is 11.3 Å². The molecule has 4 rings (SSSR count). The van der Waals surface area contributed by atoms with E-state index in [1.165, 1.54) is 11.3 Å². The second kappa shape index (κ2) is 7.59. The number of carbonyl (C=O) groups is 2. The first kappa shape index (κ1) is 18.4. The highest BCUT2D eigenvalue weighted by molar-refractivity contribution is 7.16. The van der Waals surface area contributed by atoms with Crippen molar-refractivity contribution in [2.75, 3.05) is 5.32 Å². The van der Waals surface area contributed by atoms with Crippen LogP contribution < -0.4 is 5.32 Å². The standard InChI is InChI=1S/C21H20N2O4S/c1-12-13(2)28-20(22-19(24)15-8-9-15)18(12)21(25)26-11-16-10-17(27-23-16)14-6-4-3-5-7-14/h3-7,10,15H,8-9,11H2,1-2H3,(H,22,24). The van der Waals surface area contributed by atoms with Crippen molar-refractivity contribution in [2.24, 2.45) is 5.92 Å². The molecule has 1 amide bonds. The van der Waals surface area contributed by atoms with Gasteiger partial charge in [-0.3, -0.25) is 4.79 Å². The molecule has 1 aliphatic carbocycles.